The molecule has 156 valence electrons. The lowest BCUT2D eigenvalue weighted by Gasteiger charge is -2.45. The van der Waals surface area contributed by atoms with Crippen LogP contribution in [0.15, 0.2) is 52.9 Å². The Bertz CT molecular complexity index is 971. The standard InChI is InChI=1S/C23H32ClNO2Si2/c1-26-21-13-12-18(24)15-19(21)23(29(5,6)7,25-16-28(2,3)4)22-14-17-10-8-9-11-20(17)27-22/h8-15,25H,16H2,1-7H3. The van der Waals surface area contributed by atoms with Gasteiger partial charge < -0.3 is 14.5 Å². The predicted octanol–water partition coefficient (Wildman–Crippen LogP) is 6.68. The molecule has 3 rings (SSSR count). The van der Waals surface area contributed by atoms with Crippen molar-refractivity contribution in [2.45, 2.75) is 44.4 Å². The van der Waals surface area contributed by atoms with Crippen LogP contribution in [0.3, 0.4) is 0 Å². The molecule has 0 radical (unpaired) electrons. The molecule has 3 aromatic rings. The van der Waals surface area contributed by atoms with Gasteiger partial charge in [0.1, 0.15) is 17.1 Å². The second-order valence-electron chi connectivity index (χ2n) is 9.91. The lowest BCUT2D eigenvalue weighted by atomic mass is 10.0. The highest BCUT2D eigenvalue weighted by Gasteiger charge is 2.50. The van der Waals surface area contributed by atoms with E-state index in [1.54, 1.807) is 7.11 Å². The molecule has 0 spiro atoms. The lowest BCUT2D eigenvalue weighted by molar-refractivity contribution is 0.382. The number of hydrogen-bond donors (Lipinski definition) is 1. The van der Waals surface area contributed by atoms with Gasteiger partial charge in [0, 0.05) is 16.0 Å². The van der Waals surface area contributed by atoms with Gasteiger partial charge >= 0.3 is 0 Å². The molecule has 0 amide bonds. The van der Waals surface area contributed by atoms with Crippen LogP contribution >= 0.6 is 11.6 Å². The zero-order valence-electron chi connectivity index (χ0n) is 18.5. The number of furan rings is 1. The maximum Gasteiger partial charge on any atom is 0.134 e. The first-order valence-corrected chi connectivity index (χ1v) is 17.6. The number of ether oxygens (including phenoxy) is 1. The molecule has 0 aliphatic heterocycles. The summed E-state index contributed by atoms with van der Waals surface area (Å²) < 4.78 is 12.3. The number of nitrogens with one attached hydrogen (secondary N) is 1. The Kier molecular flexibility index (Phi) is 6.07. The molecule has 0 fully saturated rings. The zero-order valence-corrected chi connectivity index (χ0v) is 21.3. The van der Waals surface area contributed by atoms with E-state index < -0.39 is 21.3 Å². The van der Waals surface area contributed by atoms with Gasteiger partial charge in [0.25, 0.3) is 0 Å². The summed E-state index contributed by atoms with van der Waals surface area (Å²) in [5, 5.41) is 5.35. The topological polar surface area (TPSA) is 34.4 Å². The van der Waals surface area contributed by atoms with Crippen LogP contribution in [0.1, 0.15) is 11.3 Å². The third-order valence-corrected chi connectivity index (χ3v) is 9.78. The molecule has 6 heteroatoms. The van der Waals surface area contributed by atoms with Gasteiger partial charge in [-0.25, -0.2) is 0 Å². The van der Waals surface area contributed by atoms with Crippen LogP contribution in [0.4, 0.5) is 0 Å². The van der Waals surface area contributed by atoms with E-state index >= 15 is 0 Å². The maximum absolute atomic E-state index is 6.51. The first-order chi connectivity index (χ1) is 13.5. The van der Waals surface area contributed by atoms with Gasteiger partial charge in [0.2, 0.25) is 0 Å². The molecule has 1 aromatic heterocycles. The van der Waals surface area contributed by atoms with E-state index in [-0.39, 0.29) is 0 Å². The Morgan fingerprint density at radius 3 is 2.28 bits per heavy atom. The largest absolute Gasteiger partial charge is 0.496 e. The number of para-hydroxylation sites is 1. The SMILES string of the molecule is COc1ccc(Cl)cc1C(NC[Si](C)(C)C)(c1cc2ccccc2o1)[Si](C)(C)C. The van der Waals surface area contributed by atoms with Gasteiger partial charge in [-0.15, -0.1) is 0 Å². The second kappa shape index (κ2) is 7.95. The summed E-state index contributed by atoms with van der Waals surface area (Å²) in [6.07, 6.45) is 0.962. The van der Waals surface area contributed by atoms with Crippen LogP contribution in [0.2, 0.25) is 44.3 Å². The molecular formula is C23H32ClNO2Si2. The van der Waals surface area contributed by atoms with Crippen molar-refractivity contribution in [2.75, 3.05) is 13.3 Å². The first-order valence-electron chi connectivity index (χ1n) is 10.1. The van der Waals surface area contributed by atoms with E-state index in [2.05, 4.69) is 56.7 Å². The Balaban J connectivity index is 2.36. The summed E-state index contributed by atoms with van der Waals surface area (Å²) >= 11 is 6.50. The van der Waals surface area contributed by atoms with Crippen molar-refractivity contribution in [2.24, 2.45) is 0 Å². The van der Waals surface area contributed by atoms with Gasteiger partial charge in [-0.1, -0.05) is 69.1 Å². The summed E-state index contributed by atoms with van der Waals surface area (Å²) in [7, 11) is -1.65. The Morgan fingerprint density at radius 2 is 1.69 bits per heavy atom. The molecule has 0 saturated carbocycles. The van der Waals surface area contributed by atoms with Gasteiger partial charge in [-0.3, -0.25) is 0 Å². The molecule has 1 unspecified atom stereocenters. The van der Waals surface area contributed by atoms with E-state index in [1.165, 1.54) is 0 Å². The van der Waals surface area contributed by atoms with Crippen LogP contribution in [0, 0.1) is 0 Å². The average molecular weight is 446 g/mol. The van der Waals surface area contributed by atoms with Crippen LogP contribution in [0.5, 0.6) is 5.75 Å². The van der Waals surface area contributed by atoms with Crippen LogP contribution in [-0.4, -0.2) is 29.4 Å². The molecule has 1 N–H and O–H groups in total. The van der Waals surface area contributed by atoms with Crippen molar-refractivity contribution in [1.82, 2.24) is 5.32 Å². The molecule has 1 atom stereocenters. The highest BCUT2D eigenvalue weighted by atomic mass is 35.5. The molecule has 0 aliphatic carbocycles. The number of benzene rings is 2. The fourth-order valence-electron chi connectivity index (χ4n) is 3.89. The molecular weight excluding hydrogens is 414 g/mol. The number of rotatable bonds is 7. The van der Waals surface area contributed by atoms with E-state index in [0.29, 0.717) is 5.02 Å². The molecule has 0 bridgehead atoms. The Labute approximate surface area is 181 Å². The van der Waals surface area contributed by atoms with E-state index in [4.69, 9.17) is 20.8 Å². The van der Waals surface area contributed by atoms with Gasteiger partial charge in [0.15, 0.2) is 0 Å². The normalized spacial score (nSPS) is 14.8. The first kappa shape index (κ1) is 22.2. The van der Waals surface area contributed by atoms with Crippen LogP contribution in [-0.2, 0) is 5.16 Å². The fourth-order valence-corrected chi connectivity index (χ4v) is 7.52. The molecule has 1 heterocycles. The summed E-state index contributed by atoms with van der Waals surface area (Å²) in [6, 6.07) is 16.3. The van der Waals surface area contributed by atoms with Crippen molar-refractivity contribution < 1.29 is 9.15 Å². The molecule has 2 aromatic carbocycles. The maximum atomic E-state index is 6.51. The van der Waals surface area contributed by atoms with Gasteiger partial charge in [-0.2, -0.15) is 0 Å². The minimum Gasteiger partial charge on any atom is -0.496 e. The quantitative estimate of drug-likeness (QED) is 0.411. The second-order valence-corrected chi connectivity index (χ2v) is 21.1. The average Bonchev–Trinajstić information content (AvgIpc) is 3.04. The van der Waals surface area contributed by atoms with Crippen molar-refractivity contribution in [1.29, 1.82) is 0 Å². The summed E-state index contributed by atoms with van der Waals surface area (Å²) in [4.78, 5) is 0. The summed E-state index contributed by atoms with van der Waals surface area (Å²) in [5.74, 6) is 1.78. The number of halogens is 1. The van der Waals surface area contributed by atoms with Crippen LogP contribution in [0.25, 0.3) is 11.0 Å². The van der Waals surface area contributed by atoms with E-state index in [0.717, 1.165) is 34.2 Å². The minimum atomic E-state index is -1.97. The Hall–Kier alpha value is -1.54. The third kappa shape index (κ3) is 4.33. The molecule has 0 saturated heterocycles. The monoisotopic (exact) mass is 445 g/mol. The molecule has 0 aliphatic rings. The van der Waals surface area contributed by atoms with Crippen molar-refractivity contribution in [3.05, 3.63) is 64.9 Å². The van der Waals surface area contributed by atoms with Crippen LogP contribution < -0.4 is 10.1 Å². The smallest absolute Gasteiger partial charge is 0.134 e. The van der Waals surface area contributed by atoms with Gasteiger partial charge in [0.05, 0.1) is 28.4 Å². The highest BCUT2D eigenvalue weighted by Crippen LogP contribution is 2.45. The molecule has 3 nitrogen and oxygen atoms in total. The molecule has 29 heavy (non-hydrogen) atoms. The van der Waals surface area contributed by atoms with E-state index in [9.17, 15) is 0 Å². The summed E-state index contributed by atoms with van der Waals surface area (Å²) in [6.45, 7) is 14.3. The predicted molar refractivity (Wildman–Crippen MR) is 130 cm³/mol. The highest BCUT2D eigenvalue weighted by molar-refractivity contribution is 6.80. The number of hydrogen-bond acceptors (Lipinski definition) is 3. The Morgan fingerprint density at radius 1 is 1.00 bits per heavy atom. The lowest BCUT2D eigenvalue weighted by Crippen LogP contribution is -2.62. The van der Waals surface area contributed by atoms with Gasteiger partial charge in [-0.05, 0) is 36.5 Å². The van der Waals surface area contributed by atoms with E-state index in [1.807, 2.05) is 36.4 Å². The number of methoxy groups -OCH3 is 1. The number of fused-ring (bicyclic) bond motifs is 1. The third-order valence-electron chi connectivity index (χ3n) is 5.37. The van der Waals surface area contributed by atoms with Crippen molar-refractivity contribution >= 4 is 38.7 Å². The van der Waals surface area contributed by atoms with Crippen molar-refractivity contribution in [3.63, 3.8) is 0 Å². The van der Waals surface area contributed by atoms with Crippen molar-refractivity contribution in [3.8, 4) is 5.75 Å². The summed E-state index contributed by atoms with van der Waals surface area (Å²) in [5.41, 5.74) is 1.96. The fraction of sp³-hybridized carbons (Fsp3) is 0.391. The zero-order chi connectivity index (χ0) is 21.4. The minimum absolute atomic E-state index is 0.470.